The second-order valence-corrected chi connectivity index (χ2v) is 7.19. The van der Waals surface area contributed by atoms with E-state index in [1.54, 1.807) is 18.2 Å². The molecule has 4 atom stereocenters. The molecule has 1 aromatic carbocycles. The number of rotatable bonds is 1. The van der Waals surface area contributed by atoms with E-state index in [-0.39, 0.29) is 0 Å². The lowest BCUT2D eigenvalue weighted by atomic mass is 9.51. The standard InChI is InChI=1S/C18H25NO/c1-12-3-6-15-17-9-13-4-5-14(20-2)10-16(13)18(15,11-12)7-8-19-17/h4-5,10,12,15,17,19H,3,6-9,11H2,1-2H3/t12-,15-,17-,18+/m0/s1. The zero-order valence-electron chi connectivity index (χ0n) is 12.6. The van der Waals surface area contributed by atoms with Crippen LogP contribution in [0.1, 0.15) is 43.7 Å². The van der Waals surface area contributed by atoms with Crippen LogP contribution in [0.3, 0.4) is 0 Å². The topological polar surface area (TPSA) is 21.3 Å². The molecule has 2 heteroatoms. The molecule has 1 saturated heterocycles. The van der Waals surface area contributed by atoms with Gasteiger partial charge < -0.3 is 10.1 Å². The Morgan fingerprint density at radius 3 is 3.05 bits per heavy atom. The maximum absolute atomic E-state index is 5.51. The Bertz CT molecular complexity index is 526. The summed E-state index contributed by atoms with van der Waals surface area (Å²) in [6.07, 6.45) is 6.69. The van der Waals surface area contributed by atoms with Gasteiger partial charge in [-0.1, -0.05) is 19.4 Å². The summed E-state index contributed by atoms with van der Waals surface area (Å²) in [4.78, 5) is 0. The number of nitrogens with one attached hydrogen (secondary N) is 1. The van der Waals surface area contributed by atoms with Crippen molar-refractivity contribution in [1.82, 2.24) is 5.32 Å². The second kappa shape index (κ2) is 4.49. The van der Waals surface area contributed by atoms with Crippen LogP contribution in [0.5, 0.6) is 5.75 Å². The van der Waals surface area contributed by atoms with E-state index >= 15 is 0 Å². The van der Waals surface area contributed by atoms with Crippen LogP contribution in [0.15, 0.2) is 18.2 Å². The molecule has 2 bridgehead atoms. The van der Waals surface area contributed by atoms with Crippen molar-refractivity contribution < 1.29 is 4.74 Å². The minimum Gasteiger partial charge on any atom is -0.497 e. The van der Waals surface area contributed by atoms with Crippen molar-refractivity contribution in [1.29, 1.82) is 0 Å². The molecule has 1 saturated carbocycles. The van der Waals surface area contributed by atoms with Gasteiger partial charge in [-0.3, -0.25) is 0 Å². The van der Waals surface area contributed by atoms with Gasteiger partial charge in [-0.25, -0.2) is 0 Å². The third-order valence-corrected chi connectivity index (χ3v) is 6.15. The van der Waals surface area contributed by atoms with Crippen LogP contribution in [-0.4, -0.2) is 19.7 Å². The molecule has 0 amide bonds. The first-order chi connectivity index (χ1) is 9.73. The summed E-state index contributed by atoms with van der Waals surface area (Å²) in [5, 5.41) is 3.80. The number of hydrogen-bond donors (Lipinski definition) is 1. The van der Waals surface area contributed by atoms with Crippen molar-refractivity contribution in [2.45, 2.75) is 50.5 Å². The molecule has 108 valence electrons. The van der Waals surface area contributed by atoms with Gasteiger partial charge in [0.25, 0.3) is 0 Å². The lowest BCUT2D eigenvalue weighted by Gasteiger charge is -2.57. The van der Waals surface area contributed by atoms with E-state index in [0.717, 1.165) is 17.6 Å². The molecule has 3 aliphatic rings. The van der Waals surface area contributed by atoms with Gasteiger partial charge in [0, 0.05) is 11.5 Å². The molecule has 0 unspecified atom stereocenters. The van der Waals surface area contributed by atoms with Crippen molar-refractivity contribution in [3.8, 4) is 5.75 Å². The van der Waals surface area contributed by atoms with Gasteiger partial charge in [0.1, 0.15) is 5.75 Å². The highest BCUT2D eigenvalue weighted by molar-refractivity contribution is 5.45. The fourth-order valence-electron chi connectivity index (χ4n) is 5.33. The molecular weight excluding hydrogens is 246 g/mol. The van der Waals surface area contributed by atoms with E-state index in [1.807, 2.05) is 0 Å². The van der Waals surface area contributed by atoms with Crippen molar-refractivity contribution >= 4 is 0 Å². The first kappa shape index (κ1) is 12.7. The second-order valence-electron chi connectivity index (χ2n) is 7.19. The highest BCUT2D eigenvalue weighted by Crippen LogP contribution is 2.55. The number of hydrogen-bond acceptors (Lipinski definition) is 2. The first-order valence-electron chi connectivity index (χ1n) is 8.14. The first-order valence-corrected chi connectivity index (χ1v) is 8.14. The summed E-state index contributed by atoms with van der Waals surface area (Å²) in [5.41, 5.74) is 3.61. The van der Waals surface area contributed by atoms with E-state index in [0.29, 0.717) is 11.5 Å². The smallest absolute Gasteiger partial charge is 0.119 e. The van der Waals surface area contributed by atoms with Gasteiger partial charge in [0.15, 0.2) is 0 Å². The van der Waals surface area contributed by atoms with E-state index in [4.69, 9.17) is 4.74 Å². The number of methoxy groups -OCH3 is 1. The van der Waals surface area contributed by atoms with Gasteiger partial charge in [0.2, 0.25) is 0 Å². The van der Waals surface area contributed by atoms with Crippen molar-refractivity contribution in [3.63, 3.8) is 0 Å². The molecule has 2 nitrogen and oxygen atoms in total. The van der Waals surface area contributed by atoms with Crippen LogP contribution in [0.2, 0.25) is 0 Å². The molecule has 0 radical (unpaired) electrons. The minimum atomic E-state index is 0.426. The zero-order chi connectivity index (χ0) is 13.7. The summed E-state index contributed by atoms with van der Waals surface area (Å²) >= 11 is 0. The van der Waals surface area contributed by atoms with Crippen LogP contribution >= 0.6 is 0 Å². The maximum atomic E-state index is 5.51. The average Bonchev–Trinajstić information content (AvgIpc) is 2.46. The fourth-order valence-corrected chi connectivity index (χ4v) is 5.33. The molecule has 0 spiro atoms. The van der Waals surface area contributed by atoms with E-state index < -0.39 is 0 Å². The lowest BCUT2D eigenvalue weighted by molar-refractivity contribution is 0.0563. The predicted molar refractivity (Wildman–Crippen MR) is 81.3 cm³/mol. The molecule has 1 aliphatic heterocycles. The summed E-state index contributed by atoms with van der Waals surface area (Å²) in [5.74, 6) is 2.74. The van der Waals surface area contributed by atoms with Crippen LogP contribution in [0, 0.1) is 11.8 Å². The monoisotopic (exact) mass is 271 g/mol. The Morgan fingerprint density at radius 1 is 1.30 bits per heavy atom. The summed E-state index contributed by atoms with van der Waals surface area (Å²) in [6, 6.07) is 7.50. The molecule has 20 heavy (non-hydrogen) atoms. The third-order valence-electron chi connectivity index (χ3n) is 6.15. The van der Waals surface area contributed by atoms with Gasteiger partial charge in [-0.2, -0.15) is 0 Å². The largest absolute Gasteiger partial charge is 0.497 e. The fraction of sp³-hybridized carbons (Fsp3) is 0.667. The Morgan fingerprint density at radius 2 is 2.20 bits per heavy atom. The third kappa shape index (κ3) is 1.67. The lowest BCUT2D eigenvalue weighted by Crippen LogP contribution is -2.60. The van der Waals surface area contributed by atoms with Gasteiger partial charge in [-0.15, -0.1) is 0 Å². The minimum absolute atomic E-state index is 0.426. The Kier molecular flexibility index (Phi) is 2.85. The number of fused-ring (bicyclic) bond motifs is 1. The Hall–Kier alpha value is -1.02. The Balaban J connectivity index is 1.87. The predicted octanol–water partition coefficient (Wildman–Crippen LogP) is 3.29. The van der Waals surface area contributed by atoms with E-state index in [1.165, 1.54) is 38.6 Å². The number of piperidine rings is 1. The molecule has 2 fully saturated rings. The SMILES string of the molecule is COc1ccc2c(c1)[C@@]13CCN[C@@H](C2)[C@@H]1CC[C@H](C)C3. The van der Waals surface area contributed by atoms with Gasteiger partial charge in [0.05, 0.1) is 7.11 Å². The summed E-state index contributed by atoms with van der Waals surface area (Å²) in [7, 11) is 1.79. The highest BCUT2D eigenvalue weighted by atomic mass is 16.5. The van der Waals surface area contributed by atoms with Gasteiger partial charge in [-0.05, 0) is 67.3 Å². The molecule has 1 heterocycles. The van der Waals surface area contributed by atoms with Crippen molar-refractivity contribution in [3.05, 3.63) is 29.3 Å². The van der Waals surface area contributed by atoms with Crippen LogP contribution in [-0.2, 0) is 11.8 Å². The van der Waals surface area contributed by atoms with Crippen LogP contribution in [0.25, 0.3) is 0 Å². The van der Waals surface area contributed by atoms with Gasteiger partial charge >= 0.3 is 0 Å². The normalized spacial score (nSPS) is 38.8. The molecule has 2 aliphatic carbocycles. The van der Waals surface area contributed by atoms with E-state index in [2.05, 4.69) is 30.4 Å². The summed E-state index contributed by atoms with van der Waals surface area (Å²) in [6.45, 7) is 3.63. The highest BCUT2D eigenvalue weighted by Gasteiger charge is 2.52. The maximum Gasteiger partial charge on any atom is 0.119 e. The number of benzene rings is 1. The molecule has 1 aromatic rings. The Labute approximate surface area is 121 Å². The van der Waals surface area contributed by atoms with Crippen LogP contribution < -0.4 is 10.1 Å². The average molecular weight is 271 g/mol. The number of ether oxygens (including phenoxy) is 1. The van der Waals surface area contributed by atoms with E-state index in [9.17, 15) is 0 Å². The van der Waals surface area contributed by atoms with Crippen molar-refractivity contribution in [2.75, 3.05) is 13.7 Å². The summed E-state index contributed by atoms with van der Waals surface area (Å²) < 4.78 is 5.51. The quantitative estimate of drug-likeness (QED) is 0.846. The zero-order valence-corrected chi connectivity index (χ0v) is 12.6. The molecule has 0 aromatic heterocycles. The molecular formula is C18H25NO. The molecule has 4 rings (SSSR count). The van der Waals surface area contributed by atoms with Crippen LogP contribution in [0.4, 0.5) is 0 Å². The molecule has 1 N–H and O–H groups in total. The van der Waals surface area contributed by atoms with Crippen molar-refractivity contribution in [2.24, 2.45) is 11.8 Å².